The van der Waals surface area contributed by atoms with Gasteiger partial charge in [-0.2, -0.15) is 0 Å². The highest BCUT2D eigenvalue weighted by Gasteiger charge is 2.45. The van der Waals surface area contributed by atoms with Crippen molar-refractivity contribution < 1.29 is 22.7 Å². The lowest BCUT2D eigenvalue weighted by atomic mass is 10.1. The molecule has 2 amide bonds. The van der Waals surface area contributed by atoms with E-state index in [0.717, 1.165) is 9.18 Å². The van der Waals surface area contributed by atoms with Gasteiger partial charge in [-0.3, -0.25) is 14.5 Å². The molecule has 8 nitrogen and oxygen atoms in total. The van der Waals surface area contributed by atoms with Gasteiger partial charge in [-0.1, -0.05) is 6.07 Å². The lowest BCUT2D eigenvalue weighted by Crippen LogP contribution is -2.45. The second-order valence-corrected chi connectivity index (χ2v) is 9.53. The molecule has 0 aromatic carbocycles. The number of fused-ring (bicyclic) bond motifs is 1. The Kier molecular flexibility index (Phi) is 5.96. The molecule has 26 heavy (non-hydrogen) atoms. The molecule has 3 heterocycles. The molecule has 10 heteroatoms. The molecular weight excluding hydrogens is 378 g/mol. The van der Waals surface area contributed by atoms with Gasteiger partial charge >= 0.3 is 0 Å². The highest BCUT2D eigenvalue weighted by Crippen LogP contribution is 2.24. The fourth-order valence-corrected chi connectivity index (χ4v) is 5.57. The fourth-order valence-electron chi connectivity index (χ4n) is 3.43. The summed E-state index contributed by atoms with van der Waals surface area (Å²) in [6, 6.07) is 3.15. The summed E-state index contributed by atoms with van der Waals surface area (Å²) in [6.07, 6.45) is 0.745. The molecule has 2 atom stereocenters. The van der Waals surface area contributed by atoms with Crippen LogP contribution in [-0.4, -0.2) is 80.6 Å². The first-order valence-electron chi connectivity index (χ1n) is 8.49. The molecule has 3 rings (SSSR count). The van der Waals surface area contributed by atoms with Crippen LogP contribution in [0.2, 0.25) is 0 Å². The molecule has 144 valence electrons. The Bertz CT molecular complexity index is 750. The maximum Gasteiger partial charge on any atom is 0.253 e. The average Bonchev–Trinajstić information content (AvgIpc) is 3.20. The normalized spacial score (nSPS) is 25.7. The van der Waals surface area contributed by atoms with Crippen LogP contribution in [0.4, 0.5) is 0 Å². The van der Waals surface area contributed by atoms with E-state index >= 15 is 0 Å². The van der Waals surface area contributed by atoms with Gasteiger partial charge < -0.3 is 10.1 Å². The van der Waals surface area contributed by atoms with E-state index in [9.17, 15) is 18.0 Å². The average molecular weight is 402 g/mol. The molecule has 2 saturated heterocycles. The maximum absolute atomic E-state index is 12.8. The fraction of sp³-hybridized carbons (Fsp3) is 0.625. The third-order valence-corrected chi connectivity index (χ3v) is 7.29. The Morgan fingerprint density at radius 2 is 2.27 bits per heavy atom. The van der Waals surface area contributed by atoms with Gasteiger partial charge in [0.2, 0.25) is 15.9 Å². The highest BCUT2D eigenvalue weighted by molar-refractivity contribution is 7.89. The first-order valence-corrected chi connectivity index (χ1v) is 11.0. The highest BCUT2D eigenvalue weighted by atomic mass is 32.2. The lowest BCUT2D eigenvalue weighted by molar-refractivity contribution is -0.131. The van der Waals surface area contributed by atoms with Gasteiger partial charge in [0.1, 0.15) is 0 Å². The first kappa shape index (κ1) is 19.3. The Labute approximate surface area is 157 Å². The van der Waals surface area contributed by atoms with E-state index in [1.807, 2.05) is 22.4 Å². The molecule has 0 unspecified atom stereocenters. The van der Waals surface area contributed by atoms with Crippen LogP contribution in [0.15, 0.2) is 17.5 Å². The minimum Gasteiger partial charge on any atom is -0.383 e. The summed E-state index contributed by atoms with van der Waals surface area (Å²) < 4.78 is 30.6. The number of nitrogens with zero attached hydrogens (tertiary/aromatic N) is 2. The summed E-state index contributed by atoms with van der Waals surface area (Å²) in [6.45, 7) is 0.968. The van der Waals surface area contributed by atoms with Crippen molar-refractivity contribution in [2.75, 3.05) is 39.1 Å². The summed E-state index contributed by atoms with van der Waals surface area (Å²) >= 11 is 1.53. The smallest absolute Gasteiger partial charge is 0.253 e. The van der Waals surface area contributed by atoms with E-state index < -0.39 is 22.0 Å². The topological polar surface area (TPSA) is 96.0 Å². The zero-order valence-corrected chi connectivity index (χ0v) is 16.2. The van der Waals surface area contributed by atoms with Crippen molar-refractivity contribution in [1.82, 2.24) is 14.5 Å². The van der Waals surface area contributed by atoms with Crippen molar-refractivity contribution in [3.05, 3.63) is 22.4 Å². The third-order valence-electron chi connectivity index (χ3n) is 4.69. The van der Waals surface area contributed by atoms with Crippen molar-refractivity contribution in [2.24, 2.45) is 0 Å². The monoisotopic (exact) mass is 401 g/mol. The third kappa shape index (κ3) is 4.25. The van der Waals surface area contributed by atoms with Crippen molar-refractivity contribution in [2.45, 2.75) is 24.9 Å². The minimum atomic E-state index is -3.62. The number of hydrogen-bond donors (Lipinski definition) is 1. The van der Waals surface area contributed by atoms with E-state index in [2.05, 4.69) is 5.32 Å². The molecule has 2 fully saturated rings. The summed E-state index contributed by atoms with van der Waals surface area (Å²) in [5, 5.41) is 4.90. The van der Waals surface area contributed by atoms with Crippen LogP contribution in [-0.2, 0) is 30.8 Å². The van der Waals surface area contributed by atoms with E-state index in [4.69, 9.17) is 4.74 Å². The van der Waals surface area contributed by atoms with Gasteiger partial charge in [-0.05, 0) is 17.9 Å². The minimum absolute atomic E-state index is 0.0252. The molecule has 2 aliphatic heterocycles. The van der Waals surface area contributed by atoms with Gasteiger partial charge in [0.05, 0.1) is 31.4 Å². The van der Waals surface area contributed by atoms with E-state index in [0.29, 0.717) is 25.9 Å². The van der Waals surface area contributed by atoms with Gasteiger partial charge in [-0.25, -0.2) is 12.7 Å². The SMILES string of the molecule is COCCN1C(=O)[C@@H]2C[C@H](NC(=O)Cc3cccs3)CN2CCS1(=O)=O. The quantitative estimate of drug-likeness (QED) is 0.701. The molecule has 2 aliphatic rings. The van der Waals surface area contributed by atoms with Gasteiger partial charge in [0.25, 0.3) is 5.91 Å². The second-order valence-electron chi connectivity index (χ2n) is 6.49. The van der Waals surface area contributed by atoms with Gasteiger partial charge in [0.15, 0.2) is 0 Å². The molecule has 0 spiro atoms. The summed E-state index contributed by atoms with van der Waals surface area (Å²) in [7, 11) is -2.15. The number of rotatable bonds is 6. The number of thiophene rings is 1. The molecule has 1 aromatic heterocycles. The van der Waals surface area contributed by atoms with Crippen LogP contribution in [0, 0.1) is 0 Å². The number of carbonyl (C=O) groups excluding carboxylic acids is 2. The van der Waals surface area contributed by atoms with Crippen molar-refractivity contribution in [3.63, 3.8) is 0 Å². The van der Waals surface area contributed by atoms with Crippen LogP contribution >= 0.6 is 11.3 Å². The van der Waals surface area contributed by atoms with Crippen LogP contribution in [0.1, 0.15) is 11.3 Å². The molecule has 1 N–H and O–H groups in total. The van der Waals surface area contributed by atoms with Gasteiger partial charge in [-0.15, -0.1) is 11.3 Å². The Balaban J connectivity index is 1.64. The number of ether oxygens (including phenoxy) is 1. The number of sulfonamides is 1. The van der Waals surface area contributed by atoms with E-state index in [1.54, 1.807) is 0 Å². The Hall–Kier alpha value is -1.49. The molecule has 1 aromatic rings. The summed E-state index contributed by atoms with van der Waals surface area (Å²) in [4.78, 5) is 27.8. The number of methoxy groups -OCH3 is 1. The van der Waals surface area contributed by atoms with Crippen LogP contribution in [0.25, 0.3) is 0 Å². The molecule has 0 aliphatic carbocycles. The lowest BCUT2D eigenvalue weighted by Gasteiger charge is -2.23. The summed E-state index contributed by atoms with van der Waals surface area (Å²) in [5.41, 5.74) is 0. The van der Waals surface area contributed by atoms with Crippen LogP contribution in [0.5, 0.6) is 0 Å². The molecular formula is C16H23N3O5S2. The predicted molar refractivity (Wildman–Crippen MR) is 97.3 cm³/mol. The zero-order valence-electron chi connectivity index (χ0n) is 14.6. The number of nitrogens with one attached hydrogen (secondary N) is 1. The standard InChI is InChI=1S/C16H23N3O5S2/c1-24-6-4-19-16(21)14-9-12(11-18(14)5-8-26(19,22)23)17-15(20)10-13-3-2-7-25-13/h2-3,7,12,14H,4-6,8-11H2,1H3,(H,17,20)/t12-,14-/m0/s1. The Morgan fingerprint density at radius 3 is 2.96 bits per heavy atom. The first-order chi connectivity index (χ1) is 12.4. The van der Waals surface area contributed by atoms with Crippen LogP contribution < -0.4 is 5.32 Å². The molecule has 0 saturated carbocycles. The molecule has 0 bridgehead atoms. The Morgan fingerprint density at radius 1 is 1.46 bits per heavy atom. The number of carbonyl (C=O) groups is 2. The van der Waals surface area contributed by atoms with Gasteiger partial charge in [0, 0.05) is 31.1 Å². The van der Waals surface area contributed by atoms with Crippen molar-refractivity contribution in [1.29, 1.82) is 0 Å². The van der Waals surface area contributed by atoms with E-state index in [1.165, 1.54) is 18.4 Å². The predicted octanol–water partition coefficient (Wildman–Crippen LogP) is -0.332. The number of amides is 2. The van der Waals surface area contributed by atoms with Crippen molar-refractivity contribution >= 4 is 33.2 Å². The van der Waals surface area contributed by atoms with E-state index in [-0.39, 0.29) is 30.9 Å². The largest absolute Gasteiger partial charge is 0.383 e. The maximum atomic E-state index is 12.8. The second kappa shape index (κ2) is 8.03. The molecule has 0 radical (unpaired) electrons. The van der Waals surface area contributed by atoms with Crippen LogP contribution in [0.3, 0.4) is 0 Å². The number of hydrogen-bond acceptors (Lipinski definition) is 7. The summed E-state index contributed by atoms with van der Waals surface area (Å²) in [5.74, 6) is -0.601. The van der Waals surface area contributed by atoms with Crippen molar-refractivity contribution in [3.8, 4) is 0 Å². The zero-order chi connectivity index (χ0) is 18.7.